The summed E-state index contributed by atoms with van der Waals surface area (Å²) in [5, 5.41) is 1.18. The molecule has 1 aliphatic heterocycles. The highest BCUT2D eigenvalue weighted by Gasteiger charge is 2.26. The Labute approximate surface area is 201 Å². The predicted molar refractivity (Wildman–Crippen MR) is 137 cm³/mol. The maximum absolute atomic E-state index is 13.6. The molecule has 0 aliphatic carbocycles. The number of hydrogen-bond acceptors (Lipinski definition) is 3. The van der Waals surface area contributed by atoms with E-state index in [0.717, 1.165) is 65.9 Å². The van der Waals surface area contributed by atoms with Gasteiger partial charge in [-0.15, -0.1) is 0 Å². The maximum atomic E-state index is 13.6. The van der Waals surface area contributed by atoms with Crippen LogP contribution < -0.4 is 4.74 Å². The number of nitrogens with zero attached hydrogens (tertiary/aromatic N) is 2. The lowest BCUT2D eigenvalue weighted by atomic mass is 9.90. The molecule has 3 aromatic carbocycles. The highest BCUT2D eigenvalue weighted by molar-refractivity contribution is 5.97. The Morgan fingerprint density at radius 2 is 1.88 bits per heavy atom. The first-order valence-electron chi connectivity index (χ1n) is 12.0. The Morgan fingerprint density at radius 1 is 1.06 bits per heavy atom. The number of likely N-dealkylation sites (tertiary alicyclic amines) is 1. The molecular weight excluding hydrogens is 420 g/mol. The minimum absolute atomic E-state index is 0.134. The van der Waals surface area contributed by atoms with Crippen LogP contribution in [0, 0.1) is 12.8 Å². The molecule has 0 radical (unpaired) electrons. The van der Waals surface area contributed by atoms with Crippen molar-refractivity contribution in [3.8, 4) is 16.9 Å². The molecule has 1 aromatic heterocycles. The quantitative estimate of drug-likeness (QED) is 0.358. The zero-order chi connectivity index (χ0) is 23.5. The number of benzene rings is 3. The number of carbonyl (C=O) groups is 1. The van der Waals surface area contributed by atoms with E-state index < -0.39 is 0 Å². The summed E-state index contributed by atoms with van der Waals surface area (Å²) in [6.45, 7) is 3.66. The van der Waals surface area contributed by atoms with Gasteiger partial charge in [-0.25, -0.2) is 0 Å². The van der Waals surface area contributed by atoms with Gasteiger partial charge in [0.25, 0.3) is 5.91 Å². The van der Waals surface area contributed by atoms with Crippen LogP contribution >= 0.6 is 0 Å². The van der Waals surface area contributed by atoms with Gasteiger partial charge in [0, 0.05) is 30.2 Å². The van der Waals surface area contributed by atoms with Gasteiger partial charge in [-0.3, -0.25) is 9.78 Å². The van der Waals surface area contributed by atoms with E-state index in [1.165, 1.54) is 10.9 Å². The van der Waals surface area contributed by atoms with Crippen molar-refractivity contribution >= 4 is 16.8 Å². The fraction of sp³-hybridized carbons (Fsp3) is 0.267. The number of para-hydroxylation sites is 1. The fourth-order valence-electron chi connectivity index (χ4n) is 5.10. The third-order valence-electron chi connectivity index (χ3n) is 6.94. The van der Waals surface area contributed by atoms with Crippen molar-refractivity contribution in [2.75, 3.05) is 20.2 Å². The largest absolute Gasteiger partial charge is 0.497 e. The average molecular weight is 451 g/mol. The van der Waals surface area contributed by atoms with E-state index in [0.29, 0.717) is 5.92 Å². The van der Waals surface area contributed by atoms with Gasteiger partial charge in [-0.05, 0) is 84.7 Å². The molecule has 2 heterocycles. The summed E-state index contributed by atoms with van der Waals surface area (Å²) in [5.74, 6) is 1.41. The van der Waals surface area contributed by atoms with E-state index in [1.807, 2.05) is 59.6 Å². The van der Waals surface area contributed by atoms with Crippen molar-refractivity contribution in [3.05, 3.63) is 95.7 Å². The molecule has 4 nitrogen and oxygen atoms in total. The molecule has 0 unspecified atom stereocenters. The molecule has 0 saturated carbocycles. The zero-order valence-electron chi connectivity index (χ0n) is 19.8. The smallest absolute Gasteiger partial charge is 0.254 e. The van der Waals surface area contributed by atoms with Crippen LogP contribution in [-0.4, -0.2) is 36.0 Å². The molecule has 1 aliphatic rings. The number of ether oxygens (including phenoxy) is 1. The Hall–Kier alpha value is -3.66. The summed E-state index contributed by atoms with van der Waals surface area (Å²) < 4.78 is 5.29. The maximum Gasteiger partial charge on any atom is 0.254 e. The second kappa shape index (κ2) is 9.68. The number of methoxy groups -OCH3 is 1. The lowest BCUT2D eigenvalue weighted by Gasteiger charge is -2.33. The van der Waals surface area contributed by atoms with E-state index in [-0.39, 0.29) is 5.91 Å². The molecule has 172 valence electrons. The monoisotopic (exact) mass is 450 g/mol. The van der Waals surface area contributed by atoms with Crippen molar-refractivity contribution in [1.82, 2.24) is 9.88 Å². The van der Waals surface area contributed by atoms with Gasteiger partial charge in [-0.2, -0.15) is 0 Å². The second-order valence-corrected chi connectivity index (χ2v) is 9.21. The minimum Gasteiger partial charge on any atom is -0.497 e. The van der Waals surface area contributed by atoms with Crippen molar-refractivity contribution in [2.45, 2.75) is 26.2 Å². The van der Waals surface area contributed by atoms with Crippen LogP contribution in [0.4, 0.5) is 0 Å². The van der Waals surface area contributed by atoms with E-state index in [9.17, 15) is 4.79 Å². The minimum atomic E-state index is 0.134. The lowest BCUT2D eigenvalue weighted by Crippen LogP contribution is -2.40. The Balaban J connectivity index is 1.33. The van der Waals surface area contributed by atoms with Crippen molar-refractivity contribution in [1.29, 1.82) is 0 Å². The zero-order valence-corrected chi connectivity index (χ0v) is 19.8. The lowest BCUT2D eigenvalue weighted by molar-refractivity contribution is 0.0672. The normalized spacial score (nSPS) is 15.9. The predicted octanol–water partition coefficient (Wildman–Crippen LogP) is 6.31. The van der Waals surface area contributed by atoms with Gasteiger partial charge in [0.15, 0.2) is 0 Å². The van der Waals surface area contributed by atoms with Crippen molar-refractivity contribution < 1.29 is 9.53 Å². The number of hydrogen-bond donors (Lipinski definition) is 0. The van der Waals surface area contributed by atoms with Gasteiger partial charge in [0.1, 0.15) is 5.75 Å². The van der Waals surface area contributed by atoms with E-state index in [1.54, 1.807) is 7.11 Å². The number of rotatable bonds is 5. The van der Waals surface area contributed by atoms with Gasteiger partial charge in [0.05, 0.1) is 12.6 Å². The van der Waals surface area contributed by atoms with Crippen LogP contribution in [0.5, 0.6) is 5.75 Å². The highest BCUT2D eigenvalue weighted by atomic mass is 16.5. The Bertz CT molecular complexity index is 1310. The van der Waals surface area contributed by atoms with Gasteiger partial charge >= 0.3 is 0 Å². The first-order valence-corrected chi connectivity index (χ1v) is 12.0. The van der Waals surface area contributed by atoms with Gasteiger partial charge in [0.2, 0.25) is 0 Å². The summed E-state index contributed by atoms with van der Waals surface area (Å²) in [6.07, 6.45) is 5.12. The number of pyridine rings is 1. The molecule has 4 heteroatoms. The molecule has 4 aromatic rings. The van der Waals surface area contributed by atoms with Gasteiger partial charge in [-0.1, -0.05) is 42.5 Å². The number of fused-ring (bicyclic) bond motifs is 1. The third kappa shape index (κ3) is 4.54. The van der Waals surface area contributed by atoms with E-state index in [4.69, 9.17) is 4.74 Å². The number of amides is 1. The topological polar surface area (TPSA) is 42.4 Å². The summed E-state index contributed by atoms with van der Waals surface area (Å²) in [7, 11) is 1.67. The summed E-state index contributed by atoms with van der Waals surface area (Å²) in [5.41, 5.74) is 6.27. The average Bonchev–Trinajstić information content (AvgIpc) is 2.89. The molecule has 1 fully saturated rings. The molecule has 1 atom stereocenters. The molecule has 34 heavy (non-hydrogen) atoms. The fourth-order valence-corrected chi connectivity index (χ4v) is 5.10. The molecule has 1 amide bonds. The van der Waals surface area contributed by atoms with Crippen LogP contribution in [0.2, 0.25) is 0 Å². The molecule has 0 N–H and O–H groups in total. The molecular formula is C30H30N2O2. The van der Waals surface area contributed by atoms with E-state index >= 15 is 0 Å². The number of carbonyl (C=O) groups excluding carboxylic acids is 1. The second-order valence-electron chi connectivity index (χ2n) is 9.21. The van der Waals surface area contributed by atoms with Gasteiger partial charge < -0.3 is 9.64 Å². The first kappa shape index (κ1) is 22.1. The van der Waals surface area contributed by atoms with Crippen LogP contribution in [0.3, 0.4) is 0 Å². The highest BCUT2D eigenvalue weighted by Crippen LogP contribution is 2.29. The molecule has 5 rings (SSSR count). The van der Waals surface area contributed by atoms with Crippen LogP contribution in [-0.2, 0) is 6.42 Å². The molecule has 0 spiro atoms. The van der Waals surface area contributed by atoms with Crippen molar-refractivity contribution in [2.24, 2.45) is 5.92 Å². The van der Waals surface area contributed by atoms with Crippen LogP contribution in [0.25, 0.3) is 22.0 Å². The first-order chi connectivity index (χ1) is 16.6. The summed E-state index contributed by atoms with van der Waals surface area (Å²) in [6, 6.07) is 24.5. The standard InChI is InChI=1S/C30H30N2O2/c1-21-27(24-12-14-26(34-2)15-13-24)9-5-10-28(21)30(33)32-16-6-7-22(20-32)17-23-18-25-8-3-4-11-29(25)31-19-23/h3-5,8-15,18-19,22H,6-7,16-17,20H2,1-2H3/t22-/m0/s1. The Kier molecular flexibility index (Phi) is 6.31. The third-order valence-corrected chi connectivity index (χ3v) is 6.94. The van der Waals surface area contributed by atoms with Crippen molar-refractivity contribution in [3.63, 3.8) is 0 Å². The molecule has 0 bridgehead atoms. The SMILES string of the molecule is COc1ccc(-c2cccc(C(=O)N3CCC[C@@H](Cc4cnc5ccccc5c4)C3)c2C)cc1. The summed E-state index contributed by atoms with van der Waals surface area (Å²) in [4.78, 5) is 20.2. The van der Waals surface area contributed by atoms with Crippen LogP contribution in [0.15, 0.2) is 79.0 Å². The number of piperidine rings is 1. The summed E-state index contributed by atoms with van der Waals surface area (Å²) >= 11 is 0. The molecule has 1 saturated heterocycles. The van der Waals surface area contributed by atoms with E-state index in [2.05, 4.69) is 36.2 Å². The van der Waals surface area contributed by atoms with Crippen LogP contribution in [0.1, 0.15) is 34.3 Å². The number of aromatic nitrogens is 1. The Morgan fingerprint density at radius 3 is 2.71 bits per heavy atom.